The van der Waals surface area contributed by atoms with Crippen molar-refractivity contribution in [2.24, 2.45) is 11.8 Å². The number of carbonyl (C=O) groups is 1. The first-order valence-electron chi connectivity index (χ1n) is 4.69. The molecule has 0 rings (SSSR count). The molecular weight excluding hydrogens is 152 g/mol. The van der Waals surface area contributed by atoms with Crippen molar-refractivity contribution >= 4 is 6.29 Å². The minimum Gasteiger partial charge on any atom is -0.393 e. The van der Waals surface area contributed by atoms with E-state index >= 15 is 0 Å². The van der Waals surface area contributed by atoms with E-state index in [1.54, 1.807) is 6.92 Å². The summed E-state index contributed by atoms with van der Waals surface area (Å²) in [5, 5.41) is 9.06. The van der Waals surface area contributed by atoms with Crippen LogP contribution in [0.4, 0.5) is 0 Å². The van der Waals surface area contributed by atoms with Gasteiger partial charge >= 0.3 is 0 Å². The van der Waals surface area contributed by atoms with E-state index in [0.29, 0.717) is 18.3 Å². The van der Waals surface area contributed by atoms with Crippen molar-refractivity contribution in [3.63, 3.8) is 0 Å². The van der Waals surface area contributed by atoms with E-state index < -0.39 is 0 Å². The Balaban J connectivity index is 3.70. The maximum atomic E-state index is 10.3. The van der Waals surface area contributed by atoms with Crippen LogP contribution in [0.5, 0.6) is 0 Å². The van der Waals surface area contributed by atoms with Crippen LogP contribution in [0, 0.1) is 11.8 Å². The standard InChI is InChI=1S/C10H20O2/c1-8(2)10(6-7-11)5-4-9(3)12/h7-10,12H,4-6H2,1-3H3/t9?,10-/m1/s1. The van der Waals surface area contributed by atoms with Crippen molar-refractivity contribution in [2.45, 2.75) is 46.1 Å². The molecule has 1 unspecified atom stereocenters. The van der Waals surface area contributed by atoms with Gasteiger partial charge in [0, 0.05) is 6.42 Å². The van der Waals surface area contributed by atoms with Gasteiger partial charge in [-0.25, -0.2) is 0 Å². The molecule has 0 radical (unpaired) electrons. The van der Waals surface area contributed by atoms with Crippen LogP contribution in [0.25, 0.3) is 0 Å². The molecule has 72 valence electrons. The van der Waals surface area contributed by atoms with Crippen molar-refractivity contribution in [1.82, 2.24) is 0 Å². The van der Waals surface area contributed by atoms with E-state index in [4.69, 9.17) is 5.11 Å². The summed E-state index contributed by atoms with van der Waals surface area (Å²) in [4.78, 5) is 10.3. The minimum atomic E-state index is -0.238. The third kappa shape index (κ3) is 5.30. The minimum absolute atomic E-state index is 0.238. The molecule has 0 saturated carbocycles. The van der Waals surface area contributed by atoms with Crippen LogP contribution in [0.15, 0.2) is 0 Å². The van der Waals surface area contributed by atoms with Crippen molar-refractivity contribution in [1.29, 1.82) is 0 Å². The van der Waals surface area contributed by atoms with Gasteiger partial charge in [-0.05, 0) is 31.6 Å². The highest BCUT2D eigenvalue weighted by molar-refractivity contribution is 5.49. The van der Waals surface area contributed by atoms with E-state index in [2.05, 4.69) is 13.8 Å². The zero-order chi connectivity index (χ0) is 9.56. The molecule has 1 N–H and O–H groups in total. The summed E-state index contributed by atoms with van der Waals surface area (Å²) in [6.07, 6.45) is 3.12. The molecule has 0 bridgehead atoms. The van der Waals surface area contributed by atoms with Crippen LogP contribution >= 0.6 is 0 Å². The zero-order valence-electron chi connectivity index (χ0n) is 8.29. The van der Waals surface area contributed by atoms with Gasteiger partial charge in [0.05, 0.1) is 6.10 Å². The smallest absolute Gasteiger partial charge is 0.120 e. The van der Waals surface area contributed by atoms with Gasteiger partial charge in [0.25, 0.3) is 0 Å². The summed E-state index contributed by atoms with van der Waals surface area (Å²) in [5.41, 5.74) is 0. The van der Waals surface area contributed by atoms with Gasteiger partial charge in [-0.2, -0.15) is 0 Å². The number of hydrogen-bond donors (Lipinski definition) is 1. The highest BCUT2D eigenvalue weighted by Crippen LogP contribution is 2.20. The van der Waals surface area contributed by atoms with Gasteiger partial charge in [-0.3, -0.25) is 0 Å². The largest absolute Gasteiger partial charge is 0.393 e. The number of aldehydes is 1. The highest BCUT2D eigenvalue weighted by atomic mass is 16.3. The lowest BCUT2D eigenvalue weighted by Crippen LogP contribution is -2.12. The Kier molecular flexibility index (Phi) is 5.99. The van der Waals surface area contributed by atoms with Gasteiger partial charge in [0.1, 0.15) is 6.29 Å². The van der Waals surface area contributed by atoms with Gasteiger partial charge in [0.15, 0.2) is 0 Å². The quantitative estimate of drug-likeness (QED) is 0.622. The molecule has 0 saturated heterocycles. The second-order valence-electron chi connectivity index (χ2n) is 3.83. The van der Waals surface area contributed by atoms with Gasteiger partial charge < -0.3 is 9.90 Å². The molecule has 0 amide bonds. The van der Waals surface area contributed by atoms with Gasteiger partial charge in [-0.15, -0.1) is 0 Å². The van der Waals surface area contributed by atoms with Gasteiger partial charge in [0.2, 0.25) is 0 Å². The summed E-state index contributed by atoms with van der Waals surface area (Å²) >= 11 is 0. The van der Waals surface area contributed by atoms with E-state index in [9.17, 15) is 4.79 Å². The Bertz CT molecular complexity index is 119. The maximum Gasteiger partial charge on any atom is 0.120 e. The van der Waals surface area contributed by atoms with Crippen molar-refractivity contribution in [2.75, 3.05) is 0 Å². The van der Waals surface area contributed by atoms with Crippen LogP contribution in [0.1, 0.15) is 40.0 Å². The van der Waals surface area contributed by atoms with Crippen LogP contribution in [-0.4, -0.2) is 17.5 Å². The third-order valence-corrected chi connectivity index (χ3v) is 2.30. The average Bonchev–Trinajstić information content (AvgIpc) is 1.96. The molecule has 0 fully saturated rings. The van der Waals surface area contributed by atoms with Gasteiger partial charge in [-0.1, -0.05) is 13.8 Å². The number of rotatable bonds is 6. The summed E-state index contributed by atoms with van der Waals surface area (Å²) in [6, 6.07) is 0. The fourth-order valence-corrected chi connectivity index (χ4v) is 1.30. The lowest BCUT2D eigenvalue weighted by atomic mass is 9.88. The number of aliphatic hydroxyl groups is 1. The molecular formula is C10H20O2. The van der Waals surface area contributed by atoms with Crippen molar-refractivity contribution in [3.05, 3.63) is 0 Å². The molecule has 0 spiro atoms. The van der Waals surface area contributed by atoms with Crippen LogP contribution in [0.3, 0.4) is 0 Å². The molecule has 0 aromatic rings. The Hall–Kier alpha value is -0.370. The monoisotopic (exact) mass is 172 g/mol. The summed E-state index contributed by atoms with van der Waals surface area (Å²) in [6.45, 7) is 6.03. The van der Waals surface area contributed by atoms with Crippen molar-refractivity contribution in [3.8, 4) is 0 Å². The number of aliphatic hydroxyl groups excluding tert-OH is 1. The first kappa shape index (κ1) is 11.6. The SMILES string of the molecule is CC(O)CC[C@H](CC=O)C(C)C. The Labute approximate surface area is 75.0 Å². The number of carbonyl (C=O) groups excluding carboxylic acids is 1. The molecule has 0 heterocycles. The molecule has 2 nitrogen and oxygen atoms in total. The number of hydrogen-bond acceptors (Lipinski definition) is 2. The lowest BCUT2D eigenvalue weighted by molar-refractivity contribution is -0.109. The Morgan fingerprint density at radius 2 is 1.83 bits per heavy atom. The first-order valence-corrected chi connectivity index (χ1v) is 4.69. The molecule has 2 heteroatoms. The van der Waals surface area contributed by atoms with Crippen LogP contribution in [-0.2, 0) is 4.79 Å². The molecule has 0 aliphatic carbocycles. The zero-order valence-corrected chi connectivity index (χ0v) is 8.29. The summed E-state index contributed by atoms with van der Waals surface area (Å²) < 4.78 is 0. The van der Waals surface area contributed by atoms with E-state index in [0.717, 1.165) is 19.1 Å². The molecule has 0 aliphatic heterocycles. The molecule has 2 atom stereocenters. The normalized spacial score (nSPS) is 16.1. The van der Waals surface area contributed by atoms with E-state index in [1.165, 1.54) is 0 Å². The Morgan fingerprint density at radius 1 is 1.25 bits per heavy atom. The predicted molar refractivity (Wildman–Crippen MR) is 49.9 cm³/mol. The second kappa shape index (κ2) is 6.18. The fraction of sp³-hybridized carbons (Fsp3) is 0.900. The van der Waals surface area contributed by atoms with Crippen LogP contribution < -0.4 is 0 Å². The highest BCUT2D eigenvalue weighted by Gasteiger charge is 2.13. The second-order valence-corrected chi connectivity index (χ2v) is 3.83. The average molecular weight is 172 g/mol. The molecule has 0 aliphatic rings. The van der Waals surface area contributed by atoms with E-state index in [1.807, 2.05) is 0 Å². The lowest BCUT2D eigenvalue weighted by Gasteiger charge is -2.18. The topological polar surface area (TPSA) is 37.3 Å². The fourth-order valence-electron chi connectivity index (χ4n) is 1.30. The Morgan fingerprint density at radius 3 is 2.17 bits per heavy atom. The summed E-state index contributed by atoms with van der Waals surface area (Å²) in [5.74, 6) is 0.978. The molecule has 0 aromatic heterocycles. The predicted octanol–water partition coefficient (Wildman–Crippen LogP) is 2.01. The summed E-state index contributed by atoms with van der Waals surface area (Å²) in [7, 11) is 0. The van der Waals surface area contributed by atoms with E-state index in [-0.39, 0.29) is 6.10 Å². The molecule has 12 heavy (non-hydrogen) atoms. The van der Waals surface area contributed by atoms with Crippen molar-refractivity contribution < 1.29 is 9.90 Å². The first-order chi connectivity index (χ1) is 5.57. The van der Waals surface area contributed by atoms with Crippen LogP contribution in [0.2, 0.25) is 0 Å². The molecule has 0 aromatic carbocycles. The maximum absolute atomic E-state index is 10.3. The third-order valence-electron chi connectivity index (χ3n) is 2.30.